The van der Waals surface area contributed by atoms with Gasteiger partial charge in [-0.1, -0.05) is 62.8 Å². The Bertz CT molecular complexity index is 1140. The van der Waals surface area contributed by atoms with Crippen molar-refractivity contribution in [2.24, 2.45) is 35.5 Å². The molecule has 0 N–H and O–H groups in total. The SMILES string of the molecule is O=S(=O)(N1CCCN(S(=O)(=O)C(F)(F)F)[C@H]2C[C@H]3CCCC[C@@H]3[C@H]2/C=C/C=C/[C@@H]2[C@H]3CCCC[C@@H]3C[C@@H]21)C(F)(F)F. The number of fused-ring (bicyclic) bond motifs is 6. The number of hydrogen-bond donors (Lipinski definition) is 0. The smallest absolute Gasteiger partial charge is 0.203 e. The second-order valence-corrected chi connectivity index (χ2v) is 16.2. The van der Waals surface area contributed by atoms with E-state index in [1.54, 1.807) is 24.3 Å². The summed E-state index contributed by atoms with van der Waals surface area (Å²) in [6.45, 7) is -1.42. The molecule has 6 nitrogen and oxygen atoms in total. The highest BCUT2D eigenvalue weighted by Gasteiger charge is 2.58. The number of alkyl halides is 6. The lowest BCUT2D eigenvalue weighted by atomic mass is 9.77. The predicted molar refractivity (Wildman–Crippen MR) is 141 cm³/mol. The average molecular weight is 633 g/mol. The van der Waals surface area contributed by atoms with Gasteiger partial charge in [0.1, 0.15) is 0 Å². The van der Waals surface area contributed by atoms with Crippen LogP contribution >= 0.6 is 0 Å². The fraction of sp³-hybridized carbons (Fsp3) is 0.852. The second kappa shape index (κ2) is 11.4. The first-order chi connectivity index (χ1) is 19.1. The van der Waals surface area contributed by atoms with Gasteiger partial charge in [-0.15, -0.1) is 0 Å². The number of nitrogens with zero attached hydrogens (tertiary/aromatic N) is 2. The van der Waals surface area contributed by atoms with Gasteiger partial charge in [-0.2, -0.15) is 35.0 Å². The summed E-state index contributed by atoms with van der Waals surface area (Å²) < 4.78 is 136. The molecule has 4 saturated carbocycles. The predicted octanol–water partition coefficient (Wildman–Crippen LogP) is 6.20. The number of sulfonamides is 2. The molecule has 0 radical (unpaired) electrons. The normalized spacial score (nSPS) is 39.8. The molecule has 5 aliphatic rings. The second-order valence-electron chi connectivity index (χ2n) is 12.4. The van der Waals surface area contributed by atoms with Gasteiger partial charge < -0.3 is 0 Å². The third-order valence-electron chi connectivity index (χ3n) is 10.4. The van der Waals surface area contributed by atoms with Gasteiger partial charge >= 0.3 is 31.1 Å². The summed E-state index contributed by atoms with van der Waals surface area (Å²) >= 11 is 0. The van der Waals surface area contributed by atoms with Gasteiger partial charge in [-0.25, -0.2) is 16.8 Å². The van der Waals surface area contributed by atoms with Crippen molar-refractivity contribution in [2.45, 2.75) is 93.7 Å². The molecule has 1 heterocycles. The highest BCUT2D eigenvalue weighted by molar-refractivity contribution is 7.90. The van der Waals surface area contributed by atoms with Crippen LogP contribution in [-0.2, 0) is 20.0 Å². The van der Waals surface area contributed by atoms with E-state index < -0.39 is 74.5 Å². The molecule has 0 unspecified atom stereocenters. The summed E-state index contributed by atoms with van der Waals surface area (Å²) in [4.78, 5) is 0. The van der Waals surface area contributed by atoms with Gasteiger partial charge in [0, 0.05) is 25.2 Å². The minimum atomic E-state index is -5.82. The van der Waals surface area contributed by atoms with E-state index in [1.807, 2.05) is 0 Å². The van der Waals surface area contributed by atoms with Gasteiger partial charge in [0.15, 0.2) is 0 Å². The molecule has 0 amide bonds. The maximum Gasteiger partial charge on any atom is 0.511 e. The molecule has 0 aromatic heterocycles. The van der Waals surface area contributed by atoms with Crippen molar-refractivity contribution < 1.29 is 43.2 Å². The largest absolute Gasteiger partial charge is 0.511 e. The summed E-state index contributed by atoms with van der Waals surface area (Å²) in [5.41, 5.74) is -11.2. The Hall–Kier alpha value is -1.12. The molecule has 14 heteroatoms. The lowest BCUT2D eigenvalue weighted by molar-refractivity contribution is -0.0509. The van der Waals surface area contributed by atoms with Crippen LogP contribution in [0.3, 0.4) is 0 Å². The van der Waals surface area contributed by atoms with E-state index in [4.69, 9.17) is 0 Å². The molecule has 0 aromatic carbocycles. The molecule has 0 bridgehead atoms. The minimum Gasteiger partial charge on any atom is -0.203 e. The molecule has 1 aliphatic heterocycles. The Labute approximate surface area is 238 Å². The maximum atomic E-state index is 13.9. The maximum absolute atomic E-state index is 13.9. The topological polar surface area (TPSA) is 74.8 Å². The zero-order valence-corrected chi connectivity index (χ0v) is 24.4. The third kappa shape index (κ3) is 5.75. The molecule has 0 aromatic rings. The standard InChI is InChI=1S/C27H38F6N2O4S2/c28-26(29,30)40(36,37)34-14-7-15-35(41(38,39)27(31,32)33)25-17-19-9-2-4-11-21(19)23(25)13-6-5-12-22-20-10-3-1-8-18(20)16-24(22)34/h5-6,12-13,18-25H,1-4,7-11,14-17H2/b12-5+,13-6+/t18-,19-,20+,21+,22-,23-,24+,25+/m1/s1. The fourth-order valence-electron chi connectivity index (χ4n) is 8.70. The van der Waals surface area contributed by atoms with Crippen molar-refractivity contribution in [3.63, 3.8) is 0 Å². The van der Waals surface area contributed by atoms with E-state index in [1.165, 1.54) is 0 Å². The van der Waals surface area contributed by atoms with E-state index in [2.05, 4.69) is 0 Å². The van der Waals surface area contributed by atoms with Crippen LogP contribution in [0.25, 0.3) is 0 Å². The van der Waals surface area contributed by atoms with Gasteiger partial charge in [0.2, 0.25) is 0 Å². The molecule has 4 fully saturated rings. The van der Waals surface area contributed by atoms with Gasteiger partial charge in [0.05, 0.1) is 0 Å². The third-order valence-corrected chi connectivity index (χ3v) is 13.7. The average Bonchev–Trinajstić information content (AvgIpc) is 3.42. The lowest BCUT2D eigenvalue weighted by Gasteiger charge is -2.35. The summed E-state index contributed by atoms with van der Waals surface area (Å²) in [5.74, 6) is -0.817. The Kier molecular flexibility index (Phi) is 8.72. The van der Waals surface area contributed by atoms with Crippen LogP contribution in [0.4, 0.5) is 26.3 Å². The van der Waals surface area contributed by atoms with Crippen LogP contribution in [0.1, 0.15) is 70.6 Å². The summed E-state index contributed by atoms with van der Waals surface area (Å²) in [6, 6.07) is -2.01. The Balaban J connectivity index is 1.57. The van der Waals surface area contributed by atoms with E-state index >= 15 is 0 Å². The quantitative estimate of drug-likeness (QED) is 0.340. The first-order valence-electron chi connectivity index (χ1n) is 14.7. The minimum absolute atomic E-state index is 0.0125. The van der Waals surface area contributed by atoms with Crippen LogP contribution in [0.5, 0.6) is 0 Å². The van der Waals surface area contributed by atoms with Gasteiger partial charge in [-0.3, -0.25) is 0 Å². The van der Waals surface area contributed by atoms with E-state index in [-0.39, 0.29) is 36.5 Å². The van der Waals surface area contributed by atoms with Crippen molar-refractivity contribution in [1.82, 2.24) is 8.61 Å². The molecule has 41 heavy (non-hydrogen) atoms. The Morgan fingerprint density at radius 2 is 0.927 bits per heavy atom. The molecule has 0 saturated heterocycles. The zero-order chi connectivity index (χ0) is 29.8. The molecule has 5 rings (SSSR count). The van der Waals surface area contributed by atoms with Crippen molar-refractivity contribution in [1.29, 1.82) is 0 Å². The van der Waals surface area contributed by atoms with Crippen LogP contribution in [-0.4, -0.2) is 61.6 Å². The van der Waals surface area contributed by atoms with E-state index in [0.717, 1.165) is 51.4 Å². The van der Waals surface area contributed by atoms with Crippen LogP contribution in [0.2, 0.25) is 0 Å². The number of allylic oxidation sites excluding steroid dienone is 2. The zero-order valence-electron chi connectivity index (χ0n) is 22.7. The lowest BCUT2D eigenvalue weighted by Crippen LogP contribution is -2.51. The monoisotopic (exact) mass is 632 g/mol. The van der Waals surface area contributed by atoms with Gasteiger partial charge in [-0.05, 0) is 67.6 Å². The summed E-state index contributed by atoms with van der Waals surface area (Å²) in [7, 11) is -11.6. The summed E-state index contributed by atoms with van der Waals surface area (Å²) in [5, 5.41) is 0. The van der Waals surface area contributed by atoms with Crippen molar-refractivity contribution in [3.05, 3.63) is 24.3 Å². The van der Waals surface area contributed by atoms with Crippen molar-refractivity contribution >= 4 is 20.0 Å². The van der Waals surface area contributed by atoms with E-state index in [9.17, 15) is 43.2 Å². The van der Waals surface area contributed by atoms with E-state index in [0.29, 0.717) is 8.61 Å². The molecule has 234 valence electrons. The highest BCUT2D eigenvalue weighted by Crippen LogP contribution is 2.52. The van der Waals surface area contributed by atoms with Crippen molar-refractivity contribution in [3.8, 4) is 0 Å². The molecule has 4 aliphatic carbocycles. The number of rotatable bonds is 2. The number of hydrogen-bond acceptors (Lipinski definition) is 4. The first kappa shape index (κ1) is 31.3. The summed E-state index contributed by atoms with van der Waals surface area (Å²) in [6.07, 6.45) is 13.6. The first-order valence-corrected chi connectivity index (χ1v) is 17.5. The fourth-order valence-corrected chi connectivity index (χ4v) is 11.1. The van der Waals surface area contributed by atoms with Crippen molar-refractivity contribution in [2.75, 3.05) is 13.1 Å². The highest BCUT2D eigenvalue weighted by atomic mass is 32.2. The molecular weight excluding hydrogens is 594 g/mol. The Morgan fingerprint density at radius 3 is 1.29 bits per heavy atom. The molecular formula is C27H38F6N2O4S2. The van der Waals surface area contributed by atoms with Gasteiger partial charge in [0.25, 0.3) is 0 Å². The molecule has 0 spiro atoms. The van der Waals surface area contributed by atoms with Crippen LogP contribution in [0, 0.1) is 35.5 Å². The molecule has 8 atom stereocenters. The Morgan fingerprint density at radius 1 is 0.561 bits per heavy atom. The number of halogens is 6. The van der Waals surface area contributed by atoms with Crippen LogP contribution in [0.15, 0.2) is 24.3 Å². The van der Waals surface area contributed by atoms with Crippen LogP contribution < -0.4 is 0 Å².